The molecule has 174 valence electrons. The van der Waals surface area contributed by atoms with Gasteiger partial charge in [-0.05, 0) is 44.0 Å². The molecule has 4 rings (SSSR count). The summed E-state index contributed by atoms with van der Waals surface area (Å²) in [5, 5.41) is 12.2. The van der Waals surface area contributed by atoms with Crippen molar-refractivity contribution in [2.45, 2.75) is 42.3 Å². The molecular weight excluding hydrogens is 484 g/mol. The highest BCUT2D eigenvalue weighted by molar-refractivity contribution is 9.09. The third-order valence-electron chi connectivity index (χ3n) is 6.51. The van der Waals surface area contributed by atoms with Crippen molar-refractivity contribution in [2.24, 2.45) is 11.8 Å². The van der Waals surface area contributed by atoms with Crippen LogP contribution in [0.1, 0.15) is 19.8 Å². The number of benzene rings is 1. The van der Waals surface area contributed by atoms with Crippen LogP contribution < -0.4 is 10.1 Å². The second kappa shape index (κ2) is 8.99. The van der Waals surface area contributed by atoms with Crippen molar-refractivity contribution in [1.29, 1.82) is 0 Å². The Morgan fingerprint density at radius 1 is 1.34 bits per heavy atom. The van der Waals surface area contributed by atoms with E-state index >= 15 is 0 Å². The topological polar surface area (TPSA) is 114 Å². The average molecular weight is 511 g/mol. The summed E-state index contributed by atoms with van der Waals surface area (Å²) in [6.07, 6.45) is 0.186. The lowest BCUT2D eigenvalue weighted by Crippen LogP contribution is -2.54. The number of amides is 2. The molecule has 0 radical (unpaired) electrons. The number of esters is 1. The zero-order valence-corrected chi connectivity index (χ0v) is 19.5. The summed E-state index contributed by atoms with van der Waals surface area (Å²) in [7, 11) is 1.56. The predicted octanol–water partition coefficient (Wildman–Crippen LogP) is 1.33. The zero-order chi connectivity index (χ0) is 23.0. The lowest BCUT2D eigenvalue weighted by molar-refractivity contribution is -0.154. The Kier molecular flexibility index (Phi) is 6.46. The quantitative estimate of drug-likeness (QED) is 0.400. The first-order chi connectivity index (χ1) is 15.4. The van der Waals surface area contributed by atoms with Crippen LogP contribution >= 0.6 is 15.9 Å². The fourth-order valence-electron chi connectivity index (χ4n) is 5.30. The number of likely N-dealkylation sites (tertiary alicyclic amines) is 1. The molecule has 6 atom stereocenters. The molecule has 10 heteroatoms. The third kappa shape index (κ3) is 3.58. The molecule has 3 aliphatic rings. The van der Waals surface area contributed by atoms with Crippen molar-refractivity contribution in [2.75, 3.05) is 32.2 Å². The van der Waals surface area contributed by atoms with Crippen molar-refractivity contribution >= 4 is 39.4 Å². The van der Waals surface area contributed by atoms with E-state index in [2.05, 4.69) is 21.2 Å². The normalized spacial score (nSPS) is 32.7. The molecule has 2 bridgehead atoms. The number of methoxy groups -OCH3 is 1. The van der Waals surface area contributed by atoms with Gasteiger partial charge in [0.25, 0.3) is 0 Å². The highest BCUT2D eigenvalue weighted by Gasteiger charge is 2.76. The molecule has 3 fully saturated rings. The molecule has 3 aliphatic heterocycles. The first kappa shape index (κ1) is 23.0. The van der Waals surface area contributed by atoms with Crippen LogP contribution in [0.15, 0.2) is 24.3 Å². The second-order valence-corrected chi connectivity index (χ2v) is 9.42. The molecule has 32 heavy (non-hydrogen) atoms. The van der Waals surface area contributed by atoms with Gasteiger partial charge in [0.15, 0.2) is 0 Å². The minimum atomic E-state index is -1.14. The molecule has 0 saturated carbocycles. The minimum absolute atomic E-state index is 0.125. The average Bonchev–Trinajstić information content (AvgIpc) is 3.36. The fraction of sp³-hybridized carbons (Fsp3) is 0.591. The monoisotopic (exact) mass is 510 g/mol. The van der Waals surface area contributed by atoms with Gasteiger partial charge in [0, 0.05) is 23.7 Å². The number of carbonyl (C=O) groups is 3. The molecule has 2 N–H and O–H groups in total. The number of hydrogen-bond donors (Lipinski definition) is 2. The van der Waals surface area contributed by atoms with E-state index < -0.39 is 41.5 Å². The summed E-state index contributed by atoms with van der Waals surface area (Å²) in [6, 6.07) is 5.94. The van der Waals surface area contributed by atoms with E-state index in [9.17, 15) is 19.5 Å². The van der Waals surface area contributed by atoms with Crippen molar-refractivity contribution in [3.05, 3.63) is 24.3 Å². The predicted molar refractivity (Wildman–Crippen MR) is 117 cm³/mol. The van der Waals surface area contributed by atoms with E-state index in [1.807, 2.05) is 0 Å². The van der Waals surface area contributed by atoms with Crippen molar-refractivity contribution in [3.8, 4) is 5.75 Å². The zero-order valence-electron chi connectivity index (χ0n) is 18.0. The number of aliphatic hydroxyl groups is 1. The van der Waals surface area contributed by atoms with E-state index in [0.29, 0.717) is 24.3 Å². The number of anilines is 1. The number of alkyl halides is 1. The number of hydrogen-bond acceptors (Lipinski definition) is 7. The highest BCUT2D eigenvalue weighted by Crippen LogP contribution is 2.60. The molecule has 3 unspecified atom stereocenters. The Labute approximate surface area is 194 Å². The van der Waals surface area contributed by atoms with E-state index in [1.54, 1.807) is 38.3 Å². The number of ether oxygens (including phenoxy) is 3. The van der Waals surface area contributed by atoms with E-state index in [-0.39, 0.29) is 30.5 Å². The smallest absolute Gasteiger partial charge is 0.312 e. The third-order valence-corrected chi connectivity index (χ3v) is 7.36. The first-order valence-electron chi connectivity index (χ1n) is 10.7. The summed E-state index contributed by atoms with van der Waals surface area (Å²) < 4.78 is 16.7. The molecule has 0 aliphatic carbocycles. The highest BCUT2D eigenvalue weighted by atomic mass is 79.9. The van der Waals surface area contributed by atoms with Gasteiger partial charge >= 0.3 is 5.97 Å². The largest absolute Gasteiger partial charge is 0.497 e. The number of rotatable bonds is 8. The summed E-state index contributed by atoms with van der Waals surface area (Å²) in [6.45, 7) is 1.96. The van der Waals surface area contributed by atoms with Gasteiger partial charge in [0.05, 0.1) is 31.7 Å². The van der Waals surface area contributed by atoms with Gasteiger partial charge in [0.1, 0.15) is 17.4 Å². The van der Waals surface area contributed by atoms with E-state index in [0.717, 1.165) is 0 Å². The molecule has 3 heterocycles. The van der Waals surface area contributed by atoms with Crippen LogP contribution in [-0.4, -0.2) is 77.2 Å². The van der Waals surface area contributed by atoms with Crippen LogP contribution in [0.3, 0.4) is 0 Å². The fourth-order valence-corrected chi connectivity index (χ4v) is 6.25. The number of nitrogens with zero attached hydrogens (tertiary/aromatic N) is 1. The van der Waals surface area contributed by atoms with Crippen LogP contribution in [0.4, 0.5) is 5.69 Å². The Morgan fingerprint density at radius 2 is 2.06 bits per heavy atom. The van der Waals surface area contributed by atoms with Crippen molar-refractivity contribution in [3.63, 3.8) is 0 Å². The molecule has 1 aromatic carbocycles. The van der Waals surface area contributed by atoms with Gasteiger partial charge < -0.3 is 29.5 Å². The number of fused-ring (bicyclic) bond motifs is 1. The maximum atomic E-state index is 13.5. The van der Waals surface area contributed by atoms with E-state index in [4.69, 9.17) is 14.2 Å². The maximum absolute atomic E-state index is 13.5. The van der Waals surface area contributed by atoms with Crippen molar-refractivity contribution in [1.82, 2.24) is 4.90 Å². The number of halogens is 1. The molecular formula is C22H27BrN2O7. The Morgan fingerprint density at radius 3 is 2.69 bits per heavy atom. The Bertz CT molecular complexity index is 895. The van der Waals surface area contributed by atoms with Crippen LogP contribution in [0.25, 0.3) is 0 Å². The van der Waals surface area contributed by atoms with Crippen LogP contribution in [0, 0.1) is 11.8 Å². The molecule has 3 saturated heterocycles. The second-order valence-electron chi connectivity index (χ2n) is 8.24. The van der Waals surface area contributed by atoms with Gasteiger partial charge in [-0.1, -0.05) is 15.9 Å². The van der Waals surface area contributed by atoms with Crippen molar-refractivity contribution < 1.29 is 33.7 Å². The number of aliphatic hydroxyl groups excluding tert-OH is 1. The maximum Gasteiger partial charge on any atom is 0.312 e. The Hall–Kier alpha value is -2.17. The summed E-state index contributed by atoms with van der Waals surface area (Å²) >= 11 is 3.59. The lowest BCUT2D eigenvalue weighted by Gasteiger charge is -2.34. The van der Waals surface area contributed by atoms with Crippen LogP contribution in [-0.2, 0) is 23.9 Å². The molecule has 1 aromatic rings. The summed E-state index contributed by atoms with van der Waals surface area (Å²) in [4.78, 5) is 41.0. The SMILES string of the molecule is CCOC(=O)[C@H]1[C@H]2C(=O)N(CCCO)C(C(=O)Nc3ccc(OC)cc3)C23CC(Br)[C@@H]1O3. The number of carbonyl (C=O) groups excluding carboxylic acids is 3. The molecule has 0 aromatic heterocycles. The van der Waals surface area contributed by atoms with Gasteiger partial charge in [-0.2, -0.15) is 0 Å². The molecule has 2 amide bonds. The molecule has 9 nitrogen and oxygen atoms in total. The minimum Gasteiger partial charge on any atom is -0.497 e. The lowest BCUT2D eigenvalue weighted by atomic mass is 9.70. The summed E-state index contributed by atoms with van der Waals surface area (Å²) in [5.41, 5.74) is -0.589. The van der Waals surface area contributed by atoms with Gasteiger partial charge in [-0.15, -0.1) is 0 Å². The summed E-state index contributed by atoms with van der Waals surface area (Å²) in [5.74, 6) is -2.12. The van der Waals surface area contributed by atoms with Crippen LogP contribution in [0.5, 0.6) is 5.75 Å². The standard InChI is InChI=1S/C22H27BrN2O7/c1-3-31-21(29)15-16-20(28)25(9-4-10-26)18(22(16)11-14(23)17(15)32-22)19(27)24-12-5-7-13(30-2)8-6-12/h5-8,14-18,26H,3-4,9-11H2,1-2H3,(H,24,27)/t14?,15-,16-,17-,18?,22?/m0/s1. The van der Waals surface area contributed by atoms with E-state index in [1.165, 1.54) is 4.90 Å². The van der Waals surface area contributed by atoms with Gasteiger partial charge in [0.2, 0.25) is 11.8 Å². The molecule has 1 spiro atoms. The first-order valence-corrected chi connectivity index (χ1v) is 11.6. The van der Waals surface area contributed by atoms with Crippen LogP contribution in [0.2, 0.25) is 0 Å². The Balaban J connectivity index is 1.68. The van der Waals surface area contributed by atoms with Gasteiger partial charge in [-0.3, -0.25) is 14.4 Å². The number of nitrogens with one attached hydrogen (secondary N) is 1. The van der Waals surface area contributed by atoms with Gasteiger partial charge in [-0.25, -0.2) is 0 Å².